The quantitative estimate of drug-likeness (QED) is 0.472. The molecule has 3 N–H and O–H groups in total. The first-order valence-corrected chi connectivity index (χ1v) is 10.9. The molecule has 0 radical (unpaired) electrons. The van der Waals surface area contributed by atoms with Crippen LogP contribution in [-0.2, 0) is 4.74 Å². The number of aromatic nitrogens is 1. The highest BCUT2D eigenvalue weighted by Crippen LogP contribution is 2.39. The zero-order chi connectivity index (χ0) is 22.8. The number of carbonyl (C=O) groups is 1. The summed E-state index contributed by atoms with van der Waals surface area (Å²) in [6, 6.07) is 2.57. The monoisotopic (exact) mass is 481 g/mol. The van der Waals surface area contributed by atoms with Gasteiger partial charge in [0.2, 0.25) is 5.75 Å². The zero-order valence-corrected chi connectivity index (χ0v) is 18.8. The van der Waals surface area contributed by atoms with Crippen molar-refractivity contribution in [2.24, 2.45) is 5.92 Å². The maximum absolute atomic E-state index is 13.9. The van der Waals surface area contributed by atoms with Crippen LogP contribution >= 0.6 is 23.2 Å². The molecular weight excluding hydrogens is 460 g/mol. The standard InChI is InChI=1S/C22H22Cl2FN3O4/c1-11(17-15(23)2-3-16(25)18(17)24)32-20-19-13(9-27-21(20)26)14(10-31-19)22(29)28-8-12-4-6-30-7-5-12/h2-3,9-12H,4-8H2,1H3,(H2,26,27)(H,28,29). The van der Waals surface area contributed by atoms with Gasteiger partial charge in [0.1, 0.15) is 18.2 Å². The highest BCUT2D eigenvalue weighted by molar-refractivity contribution is 6.36. The molecule has 32 heavy (non-hydrogen) atoms. The van der Waals surface area contributed by atoms with Crippen LogP contribution in [0.5, 0.6) is 5.75 Å². The predicted molar refractivity (Wildman–Crippen MR) is 120 cm³/mol. The second-order valence-electron chi connectivity index (χ2n) is 7.65. The minimum atomic E-state index is -0.767. The third kappa shape index (κ3) is 4.48. The van der Waals surface area contributed by atoms with Gasteiger partial charge in [0.15, 0.2) is 11.4 Å². The summed E-state index contributed by atoms with van der Waals surface area (Å²) in [5.74, 6) is -0.351. The number of anilines is 1. The third-order valence-corrected chi connectivity index (χ3v) is 6.23. The van der Waals surface area contributed by atoms with Gasteiger partial charge in [-0.15, -0.1) is 0 Å². The van der Waals surface area contributed by atoms with Gasteiger partial charge < -0.3 is 24.9 Å². The van der Waals surface area contributed by atoms with Crippen molar-refractivity contribution in [3.05, 3.63) is 51.6 Å². The van der Waals surface area contributed by atoms with E-state index in [4.69, 9.17) is 42.8 Å². The van der Waals surface area contributed by atoms with Gasteiger partial charge in [-0.3, -0.25) is 4.79 Å². The summed E-state index contributed by atoms with van der Waals surface area (Å²) in [6.45, 7) is 3.61. The van der Waals surface area contributed by atoms with Crippen molar-refractivity contribution in [3.8, 4) is 5.75 Å². The van der Waals surface area contributed by atoms with E-state index in [1.165, 1.54) is 24.6 Å². The van der Waals surface area contributed by atoms with E-state index in [-0.39, 0.29) is 38.7 Å². The van der Waals surface area contributed by atoms with Crippen LogP contribution in [0.25, 0.3) is 11.0 Å². The van der Waals surface area contributed by atoms with Crippen LogP contribution in [0.1, 0.15) is 41.8 Å². The Bertz CT molecular complexity index is 1150. The highest BCUT2D eigenvalue weighted by atomic mass is 35.5. The molecule has 10 heteroatoms. The number of nitrogens with zero attached hydrogens (tertiary/aromatic N) is 1. The predicted octanol–water partition coefficient (Wildman–Crippen LogP) is 5.15. The molecule has 1 aliphatic rings. The van der Waals surface area contributed by atoms with Crippen LogP contribution < -0.4 is 15.8 Å². The van der Waals surface area contributed by atoms with Gasteiger partial charge in [-0.2, -0.15) is 0 Å². The Morgan fingerprint density at radius 2 is 2.12 bits per heavy atom. The van der Waals surface area contributed by atoms with Crippen LogP contribution in [0.15, 0.2) is 29.0 Å². The summed E-state index contributed by atoms with van der Waals surface area (Å²) in [4.78, 5) is 16.9. The van der Waals surface area contributed by atoms with Crippen molar-refractivity contribution >= 4 is 45.9 Å². The molecule has 2 aromatic heterocycles. The molecule has 1 amide bonds. The summed E-state index contributed by atoms with van der Waals surface area (Å²) >= 11 is 12.3. The lowest BCUT2D eigenvalue weighted by molar-refractivity contribution is 0.0643. The number of benzene rings is 1. The molecule has 3 aromatic rings. The molecule has 0 spiro atoms. The molecule has 7 nitrogen and oxygen atoms in total. The number of fused-ring (bicyclic) bond motifs is 1. The largest absolute Gasteiger partial charge is 0.478 e. The zero-order valence-electron chi connectivity index (χ0n) is 17.3. The minimum absolute atomic E-state index is 0.0523. The fourth-order valence-corrected chi connectivity index (χ4v) is 4.38. The fraction of sp³-hybridized carbons (Fsp3) is 0.364. The van der Waals surface area contributed by atoms with Crippen LogP contribution in [0.3, 0.4) is 0 Å². The van der Waals surface area contributed by atoms with E-state index in [9.17, 15) is 9.18 Å². The van der Waals surface area contributed by atoms with Crippen LogP contribution in [0.4, 0.5) is 10.2 Å². The third-order valence-electron chi connectivity index (χ3n) is 5.52. The van der Waals surface area contributed by atoms with E-state index in [1.54, 1.807) is 6.92 Å². The van der Waals surface area contributed by atoms with Crippen molar-refractivity contribution in [2.75, 3.05) is 25.5 Å². The average molecular weight is 482 g/mol. The van der Waals surface area contributed by atoms with Gasteiger partial charge in [-0.05, 0) is 37.8 Å². The number of nitrogens with one attached hydrogen (secondary N) is 1. The van der Waals surface area contributed by atoms with Crippen molar-refractivity contribution < 1.29 is 23.1 Å². The molecule has 1 atom stereocenters. The normalized spacial score (nSPS) is 15.6. The van der Waals surface area contributed by atoms with Crippen LogP contribution in [0.2, 0.25) is 10.0 Å². The van der Waals surface area contributed by atoms with E-state index < -0.39 is 11.9 Å². The van der Waals surface area contributed by atoms with Crippen molar-refractivity contribution in [2.45, 2.75) is 25.9 Å². The average Bonchev–Trinajstić information content (AvgIpc) is 3.22. The Morgan fingerprint density at radius 3 is 2.88 bits per heavy atom. The van der Waals surface area contributed by atoms with Crippen LogP contribution in [-0.4, -0.2) is 30.6 Å². The Morgan fingerprint density at radius 1 is 1.38 bits per heavy atom. The molecule has 1 saturated heterocycles. The SMILES string of the molecule is CC(Oc1c(N)ncc2c(C(=O)NCC3CCOCC3)coc12)c1c(Cl)ccc(F)c1Cl. The second kappa shape index (κ2) is 9.52. The number of hydrogen-bond donors (Lipinski definition) is 2. The van der Waals surface area contributed by atoms with Crippen molar-refractivity contribution in [1.29, 1.82) is 0 Å². The van der Waals surface area contributed by atoms with Gasteiger partial charge in [0, 0.05) is 36.5 Å². The summed E-state index contributed by atoms with van der Waals surface area (Å²) < 4.78 is 30.9. The van der Waals surface area contributed by atoms with Gasteiger partial charge in [-0.1, -0.05) is 23.2 Å². The van der Waals surface area contributed by atoms with E-state index in [0.29, 0.717) is 36.6 Å². The van der Waals surface area contributed by atoms with Crippen molar-refractivity contribution in [1.82, 2.24) is 10.3 Å². The van der Waals surface area contributed by atoms with Gasteiger partial charge in [0.05, 0.1) is 16.0 Å². The molecule has 0 saturated carbocycles. The Balaban J connectivity index is 1.58. The molecule has 170 valence electrons. The molecule has 1 aliphatic heterocycles. The lowest BCUT2D eigenvalue weighted by Crippen LogP contribution is -2.32. The number of amides is 1. The number of nitrogen functional groups attached to an aromatic ring is 1. The number of halogens is 3. The van der Waals surface area contributed by atoms with E-state index in [1.807, 2.05) is 0 Å². The molecule has 1 fully saturated rings. The molecule has 0 aliphatic carbocycles. The molecule has 4 rings (SSSR count). The van der Waals surface area contributed by atoms with E-state index >= 15 is 0 Å². The summed E-state index contributed by atoms with van der Waals surface area (Å²) in [5, 5.41) is 3.49. The second-order valence-corrected chi connectivity index (χ2v) is 8.43. The van der Waals surface area contributed by atoms with Gasteiger partial charge >= 0.3 is 0 Å². The summed E-state index contributed by atoms with van der Waals surface area (Å²) in [6.07, 6.45) is 3.84. The molecule has 1 unspecified atom stereocenters. The maximum atomic E-state index is 13.9. The lowest BCUT2D eigenvalue weighted by atomic mass is 10.0. The lowest BCUT2D eigenvalue weighted by Gasteiger charge is -2.22. The fourth-order valence-electron chi connectivity index (χ4n) is 3.70. The minimum Gasteiger partial charge on any atom is -0.478 e. The van der Waals surface area contributed by atoms with Gasteiger partial charge in [0.25, 0.3) is 5.91 Å². The highest BCUT2D eigenvalue weighted by Gasteiger charge is 2.24. The van der Waals surface area contributed by atoms with Gasteiger partial charge in [-0.25, -0.2) is 9.37 Å². The van der Waals surface area contributed by atoms with Crippen molar-refractivity contribution in [3.63, 3.8) is 0 Å². The number of rotatable bonds is 6. The Kier molecular flexibility index (Phi) is 6.74. The number of furan rings is 1. The first-order valence-electron chi connectivity index (χ1n) is 10.2. The molecule has 1 aromatic carbocycles. The number of ether oxygens (including phenoxy) is 2. The number of pyridine rings is 1. The summed E-state index contributed by atoms with van der Waals surface area (Å²) in [7, 11) is 0. The number of hydrogen-bond acceptors (Lipinski definition) is 6. The summed E-state index contributed by atoms with van der Waals surface area (Å²) in [5.41, 5.74) is 6.85. The Hall–Kier alpha value is -2.55. The van der Waals surface area contributed by atoms with E-state index in [0.717, 1.165) is 12.8 Å². The number of carbonyl (C=O) groups excluding carboxylic acids is 1. The first-order chi connectivity index (χ1) is 15.4. The number of nitrogens with two attached hydrogens (primary N) is 1. The van der Waals surface area contributed by atoms with E-state index in [2.05, 4.69) is 10.3 Å². The van der Waals surface area contributed by atoms with Crippen LogP contribution in [0, 0.1) is 11.7 Å². The molecular formula is C22H22Cl2FN3O4. The Labute approximate surface area is 194 Å². The topological polar surface area (TPSA) is 99.6 Å². The molecule has 3 heterocycles. The molecule has 0 bridgehead atoms. The smallest absolute Gasteiger partial charge is 0.255 e. The maximum Gasteiger partial charge on any atom is 0.255 e. The first kappa shape index (κ1) is 22.6.